The number of nitrogens with two attached hydrogens (primary N) is 1. The molecule has 0 bridgehead atoms. The number of nitrogens with zero attached hydrogens (tertiary/aromatic N) is 2. The number of halogens is 3. The fourth-order valence-electron chi connectivity index (χ4n) is 3.32. The van der Waals surface area contributed by atoms with Gasteiger partial charge in [0.15, 0.2) is 10.4 Å². The van der Waals surface area contributed by atoms with E-state index in [-0.39, 0.29) is 17.6 Å². The first-order chi connectivity index (χ1) is 14.6. The number of aromatic nitrogens is 2. The van der Waals surface area contributed by atoms with Crippen LogP contribution in [-0.4, -0.2) is 34.3 Å². The number of nitrogen functional groups attached to an aromatic ring is 1. The second-order valence-electron chi connectivity index (χ2n) is 7.03. The van der Waals surface area contributed by atoms with E-state index in [4.69, 9.17) is 33.7 Å². The molecule has 0 radical (unpaired) electrons. The summed E-state index contributed by atoms with van der Waals surface area (Å²) < 4.78 is 7.32. The Hall–Kier alpha value is -2.26. The second kappa shape index (κ2) is 9.48. The largest absolute Gasteiger partial charge is 0.476 e. The van der Waals surface area contributed by atoms with E-state index in [1.807, 2.05) is 19.9 Å². The third kappa shape index (κ3) is 4.67. The topological polar surface area (TPSA) is 102 Å². The molecule has 0 aliphatic rings. The minimum atomic E-state index is -1.17. The van der Waals surface area contributed by atoms with Crippen LogP contribution in [0.2, 0.25) is 10.0 Å². The Morgan fingerprint density at radius 3 is 2.71 bits per heavy atom. The molecule has 2 aromatic carbocycles. The van der Waals surface area contributed by atoms with Crippen LogP contribution in [0.15, 0.2) is 35.1 Å². The van der Waals surface area contributed by atoms with Crippen molar-refractivity contribution >= 4 is 62.3 Å². The van der Waals surface area contributed by atoms with Gasteiger partial charge in [0.1, 0.15) is 5.82 Å². The van der Waals surface area contributed by atoms with Gasteiger partial charge in [0.05, 0.1) is 17.7 Å². The van der Waals surface area contributed by atoms with Gasteiger partial charge in [0.25, 0.3) is 0 Å². The lowest BCUT2D eigenvalue weighted by atomic mass is 9.99. The molecular weight excluding hydrogens is 507 g/mol. The second-order valence-corrected chi connectivity index (χ2v) is 8.58. The standard InChI is InChI=1S/C21H21BrCl2N4O3/c1-10-4-6-14(24)16(17(10)25)13-8-12(23)5-7-15(13)26-19-18(20(29)30)27-21(22)28(19)11(2)9-31-3/h4-8,11,26H,9,25H2,1-3H3,(H,29,30)/t11-/m0/s1. The molecule has 0 aliphatic carbocycles. The third-order valence-corrected chi connectivity index (χ3v) is 5.95. The summed E-state index contributed by atoms with van der Waals surface area (Å²) in [7, 11) is 1.58. The van der Waals surface area contributed by atoms with E-state index < -0.39 is 5.97 Å². The van der Waals surface area contributed by atoms with Crippen molar-refractivity contribution in [3.8, 4) is 11.1 Å². The van der Waals surface area contributed by atoms with Crippen molar-refractivity contribution in [3.63, 3.8) is 0 Å². The lowest BCUT2D eigenvalue weighted by Gasteiger charge is -2.21. The van der Waals surface area contributed by atoms with E-state index in [2.05, 4.69) is 26.2 Å². The molecule has 3 rings (SSSR count). The summed E-state index contributed by atoms with van der Waals surface area (Å²) in [6.07, 6.45) is 0. The Morgan fingerprint density at radius 2 is 2.06 bits per heavy atom. The third-order valence-electron chi connectivity index (χ3n) is 4.84. The lowest BCUT2D eigenvalue weighted by Crippen LogP contribution is -2.15. The van der Waals surface area contributed by atoms with Crippen LogP contribution in [0, 0.1) is 6.92 Å². The molecule has 1 aromatic heterocycles. The number of methoxy groups -OCH3 is 1. The summed E-state index contributed by atoms with van der Waals surface area (Å²) in [6.45, 7) is 4.13. The number of anilines is 3. The van der Waals surface area contributed by atoms with Gasteiger partial charge in [-0.15, -0.1) is 0 Å². The number of carboxylic acids is 1. The highest BCUT2D eigenvalue weighted by Crippen LogP contribution is 2.42. The first-order valence-corrected chi connectivity index (χ1v) is 10.8. The predicted molar refractivity (Wildman–Crippen MR) is 128 cm³/mol. The number of aromatic carboxylic acids is 1. The Morgan fingerprint density at radius 1 is 1.35 bits per heavy atom. The first kappa shape index (κ1) is 23.4. The van der Waals surface area contributed by atoms with Gasteiger partial charge in [0, 0.05) is 34.6 Å². The summed E-state index contributed by atoms with van der Waals surface area (Å²) in [5, 5.41) is 13.9. The molecule has 7 nitrogen and oxygen atoms in total. The Bertz CT molecular complexity index is 1150. The maximum absolute atomic E-state index is 11.9. The molecule has 1 atom stereocenters. The molecule has 4 N–H and O–H groups in total. The number of carbonyl (C=O) groups is 1. The monoisotopic (exact) mass is 526 g/mol. The zero-order chi connectivity index (χ0) is 22.9. The summed E-state index contributed by atoms with van der Waals surface area (Å²) in [6, 6.07) is 8.56. The van der Waals surface area contributed by atoms with Gasteiger partial charge in [-0.3, -0.25) is 4.57 Å². The molecule has 0 saturated heterocycles. The van der Waals surface area contributed by atoms with Gasteiger partial charge < -0.3 is 20.9 Å². The maximum Gasteiger partial charge on any atom is 0.358 e. The van der Waals surface area contributed by atoms with Crippen LogP contribution in [0.3, 0.4) is 0 Å². The maximum atomic E-state index is 11.9. The molecule has 31 heavy (non-hydrogen) atoms. The van der Waals surface area contributed by atoms with Crippen molar-refractivity contribution in [2.75, 3.05) is 24.8 Å². The predicted octanol–water partition coefficient (Wildman–Crippen LogP) is 6.16. The van der Waals surface area contributed by atoms with E-state index in [9.17, 15) is 9.90 Å². The van der Waals surface area contributed by atoms with E-state index in [0.717, 1.165) is 5.56 Å². The quantitative estimate of drug-likeness (QED) is 0.318. The average Bonchev–Trinajstić information content (AvgIpc) is 3.03. The molecule has 0 aliphatic heterocycles. The molecule has 0 spiro atoms. The normalized spacial score (nSPS) is 12.1. The SMILES string of the molecule is COC[C@H](C)n1c(Br)nc(C(=O)O)c1Nc1ccc(Cl)cc1-c1c(Cl)ccc(C)c1N. The van der Waals surface area contributed by atoms with Gasteiger partial charge in [-0.2, -0.15) is 0 Å². The summed E-state index contributed by atoms with van der Waals surface area (Å²) >= 11 is 16.1. The summed E-state index contributed by atoms with van der Waals surface area (Å²) in [4.78, 5) is 16.1. The van der Waals surface area contributed by atoms with Gasteiger partial charge >= 0.3 is 5.97 Å². The van der Waals surface area contributed by atoms with Crippen molar-refractivity contribution < 1.29 is 14.6 Å². The van der Waals surface area contributed by atoms with E-state index >= 15 is 0 Å². The molecule has 0 fully saturated rings. The molecule has 0 amide bonds. The van der Waals surface area contributed by atoms with E-state index in [1.54, 1.807) is 35.9 Å². The van der Waals surface area contributed by atoms with Crippen LogP contribution < -0.4 is 11.1 Å². The smallest absolute Gasteiger partial charge is 0.358 e. The van der Waals surface area contributed by atoms with Crippen LogP contribution in [0.25, 0.3) is 11.1 Å². The molecule has 10 heteroatoms. The molecular formula is C21H21BrCl2N4O3. The van der Waals surface area contributed by atoms with Gasteiger partial charge in [-0.05, 0) is 59.6 Å². The van der Waals surface area contributed by atoms with E-state index in [0.29, 0.717) is 43.9 Å². The van der Waals surface area contributed by atoms with Crippen LogP contribution >= 0.6 is 39.1 Å². The zero-order valence-corrected chi connectivity index (χ0v) is 20.1. The Labute approximate surface area is 198 Å². The Kier molecular flexibility index (Phi) is 7.16. The highest BCUT2D eigenvalue weighted by Gasteiger charge is 2.25. The fourth-order valence-corrected chi connectivity index (χ4v) is 4.47. The summed E-state index contributed by atoms with van der Waals surface area (Å²) in [5.41, 5.74) is 9.39. The first-order valence-electron chi connectivity index (χ1n) is 9.27. The molecule has 0 unspecified atom stereocenters. The van der Waals surface area contributed by atoms with Crippen LogP contribution in [0.4, 0.5) is 17.2 Å². The van der Waals surface area contributed by atoms with Gasteiger partial charge in [0.2, 0.25) is 0 Å². The van der Waals surface area contributed by atoms with Crippen molar-refractivity contribution in [1.29, 1.82) is 0 Å². The molecule has 0 saturated carbocycles. The summed E-state index contributed by atoms with van der Waals surface area (Å²) in [5.74, 6) is -0.884. The fraction of sp³-hybridized carbons (Fsp3) is 0.238. The van der Waals surface area contributed by atoms with Crippen molar-refractivity contribution in [2.45, 2.75) is 19.9 Å². The molecule has 1 heterocycles. The van der Waals surface area contributed by atoms with Crippen molar-refractivity contribution in [1.82, 2.24) is 9.55 Å². The number of ether oxygens (including phenoxy) is 1. The number of aryl methyl sites for hydroxylation is 1. The number of hydrogen-bond donors (Lipinski definition) is 3. The van der Waals surface area contributed by atoms with Crippen molar-refractivity contribution in [3.05, 3.63) is 56.4 Å². The van der Waals surface area contributed by atoms with Gasteiger partial charge in [-0.1, -0.05) is 29.3 Å². The lowest BCUT2D eigenvalue weighted by molar-refractivity contribution is 0.0692. The number of benzene rings is 2. The molecule has 3 aromatic rings. The van der Waals surface area contributed by atoms with Crippen LogP contribution in [-0.2, 0) is 4.74 Å². The number of rotatable bonds is 7. The average molecular weight is 528 g/mol. The zero-order valence-electron chi connectivity index (χ0n) is 17.0. The van der Waals surface area contributed by atoms with Crippen LogP contribution in [0.5, 0.6) is 0 Å². The highest BCUT2D eigenvalue weighted by atomic mass is 79.9. The minimum absolute atomic E-state index is 0.140. The number of hydrogen-bond acceptors (Lipinski definition) is 5. The van der Waals surface area contributed by atoms with Gasteiger partial charge in [-0.25, -0.2) is 9.78 Å². The van der Waals surface area contributed by atoms with Crippen LogP contribution in [0.1, 0.15) is 29.0 Å². The number of carboxylic acid groups (broad SMARTS) is 1. The highest BCUT2D eigenvalue weighted by molar-refractivity contribution is 9.10. The number of imidazole rings is 1. The number of nitrogens with one attached hydrogen (secondary N) is 1. The van der Waals surface area contributed by atoms with E-state index in [1.165, 1.54) is 0 Å². The minimum Gasteiger partial charge on any atom is -0.476 e. The van der Waals surface area contributed by atoms with Crippen molar-refractivity contribution in [2.24, 2.45) is 0 Å². The Balaban J connectivity index is 2.22. The molecule has 164 valence electrons.